The van der Waals surface area contributed by atoms with Crippen molar-refractivity contribution in [2.75, 3.05) is 13.2 Å². The number of ether oxygens (including phenoxy) is 6. The first-order valence-electron chi connectivity index (χ1n) is 33.5. The van der Waals surface area contributed by atoms with Crippen molar-refractivity contribution >= 4 is 56.9 Å². The summed E-state index contributed by atoms with van der Waals surface area (Å²) in [6.45, 7) is 11.5. The summed E-state index contributed by atoms with van der Waals surface area (Å²) in [5, 5.41) is 42.6. The van der Waals surface area contributed by atoms with E-state index in [4.69, 9.17) is 58.2 Å². The molecule has 0 unspecified atom stereocenters. The molecule has 3 aromatic heterocycles. The topological polar surface area (TPSA) is 349 Å². The van der Waals surface area contributed by atoms with Crippen LogP contribution in [0, 0.1) is 34.0 Å². The van der Waals surface area contributed by atoms with Crippen LogP contribution < -0.4 is 49.9 Å². The molecular formula is C84H77LiN6O15. The van der Waals surface area contributed by atoms with E-state index in [9.17, 15) is 35.0 Å². The summed E-state index contributed by atoms with van der Waals surface area (Å²) in [4.78, 5) is 47.4. The molecular weight excluding hydrogens is 1340 g/mol. The minimum Gasteiger partial charge on any atom is -0.870 e. The van der Waals surface area contributed by atoms with E-state index in [0.717, 1.165) is 99.7 Å². The van der Waals surface area contributed by atoms with Gasteiger partial charge in [-0.15, -0.1) is 0 Å². The molecule has 3 heterocycles. The Kier molecular flexibility index (Phi) is 28.2. The van der Waals surface area contributed by atoms with Crippen LogP contribution in [-0.4, -0.2) is 53.4 Å². The number of alkyl carbamates (subject to hydrolysis) is 1. The summed E-state index contributed by atoms with van der Waals surface area (Å²) in [5.41, 5.74) is 27.8. The van der Waals surface area contributed by atoms with Crippen molar-refractivity contribution in [1.29, 1.82) is 15.8 Å². The molecule has 0 aliphatic rings. The minimum absolute atomic E-state index is 0. The largest absolute Gasteiger partial charge is 1.00 e. The third kappa shape index (κ3) is 21.4. The van der Waals surface area contributed by atoms with Crippen LogP contribution >= 0.6 is 0 Å². The van der Waals surface area contributed by atoms with Crippen molar-refractivity contribution in [3.8, 4) is 68.8 Å². The quantitative estimate of drug-likeness (QED) is 0.0248. The smallest absolute Gasteiger partial charge is 0.870 e. The van der Waals surface area contributed by atoms with Gasteiger partial charge in [-0.05, 0) is 194 Å². The summed E-state index contributed by atoms with van der Waals surface area (Å²) < 4.78 is 51.0. The number of nitrogens with two attached hydrogens (primary N) is 2. The second kappa shape index (κ2) is 37.7. The van der Waals surface area contributed by atoms with Crippen molar-refractivity contribution < 1.29 is 90.3 Å². The summed E-state index contributed by atoms with van der Waals surface area (Å²) >= 11 is 0. The average Bonchev–Trinajstić information content (AvgIpc) is 1.54. The fourth-order valence-electron chi connectivity index (χ4n) is 11.5. The number of esters is 2. The van der Waals surface area contributed by atoms with Gasteiger partial charge < -0.3 is 69.0 Å². The van der Waals surface area contributed by atoms with Gasteiger partial charge in [-0.3, -0.25) is 14.4 Å². The Morgan fingerprint density at radius 2 is 0.811 bits per heavy atom. The molecule has 0 aliphatic carbocycles. The van der Waals surface area contributed by atoms with E-state index >= 15 is 0 Å². The van der Waals surface area contributed by atoms with E-state index in [0.29, 0.717) is 76.9 Å². The fraction of sp³-hybridized carbons (Fsp3) is 0.202. The Balaban J connectivity index is 0.000000201. The first-order valence-corrected chi connectivity index (χ1v) is 33.5. The molecule has 0 saturated heterocycles. The van der Waals surface area contributed by atoms with Gasteiger partial charge in [0.05, 0.1) is 86.2 Å². The van der Waals surface area contributed by atoms with E-state index in [1.807, 2.05) is 142 Å². The molecule has 0 aliphatic heterocycles. The molecule has 12 rings (SSSR count). The number of amides is 1. The molecule has 534 valence electrons. The monoisotopic (exact) mass is 1420 g/mol. The number of hydrogen-bond acceptors (Lipinski definition) is 19. The summed E-state index contributed by atoms with van der Waals surface area (Å²) in [5.74, 6) is -0.330. The molecule has 1 amide bonds. The predicted molar refractivity (Wildman–Crippen MR) is 394 cm³/mol. The molecule has 0 atom stereocenters. The maximum absolute atomic E-state index is 12.1. The van der Waals surface area contributed by atoms with Crippen molar-refractivity contribution in [3.05, 3.63) is 268 Å². The Labute approximate surface area is 624 Å². The van der Waals surface area contributed by atoms with E-state index in [-0.39, 0.29) is 82.0 Å². The van der Waals surface area contributed by atoms with Gasteiger partial charge in [0.2, 0.25) is 0 Å². The number of furan rings is 3. The molecule has 9 aromatic carbocycles. The number of rotatable bonds is 24. The molecule has 0 saturated carbocycles. The number of carbonyl (C=O) groups is 4. The Morgan fingerprint density at radius 3 is 1.14 bits per heavy atom. The van der Waals surface area contributed by atoms with Crippen molar-refractivity contribution in [3.63, 3.8) is 0 Å². The number of carboxylic acid groups (broad SMARTS) is 1. The van der Waals surface area contributed by atoms with Crippen LogP contribution in [0.2, 0.25) is 0 Å². The normalized spacial score (nSPS) is 10.6. The molecule has 0 fully saturated rings. The van der Waals surface area contributed by atoms with Crippen molar-refractivity contribution in [1.82, 2.24) is 5.32 Å². The van der Waals surface area contributed by atoms with Gasteiger partial charge in [-0.1, -0.05) is 72.8 Å². The SMILES string of the molecule is CCOC(=O)Cc1ccc(C#N)cc1OCc1cc(-c2cccc(CN)c2)c2occc2c1.CCOC(=O)Cc1ccc(C#N)cc1OCc1cc(-c2cccc(CNC(=O)OC(C)(C)C)c2)c2occc2c1.N#Cc1ccc(CC(=O)O)c(OCc2cc(-c3cccc(CN)c3)c3occc3c2)c1.[Li+].[OH-]. The predicted octanol–water partition coefficient (Wildman–Crippen LogP) is 13.3. The molecule has 12 aromatic rings. The Hall–Kier alpha value is -12.4. The Morgan fingerprint density at radius 1 is 0.462 bits per heavy atom. The number of nitrogens with zero attached hydrogens (tertiary/aromatic N) is 3. The van der Waals surface area contributed by atoms with Crippen LogP contribution in [0.15, 0.2) is 214 Å². The number of hydrogen-bond donors (Lipinski definition) is 4. The summed E-state index contributed by atoms with van der Waals surface area (Å²) in [6, 6.07) is 62.6. The van der Waals surface area contributed by atoms with Crippen molar-refractivity contribution in [2.45, 2.75) is 98.9 Å². The van der Waals surface area contributed by atoms with Gasteiger partial charge in [0.1, 0.15) is 59.4 Å². The van der Waals surface area contributed by atoms with Crippen LogP contribution in [0.5, 0.6) is 17.2 Å². The maximum Gasteiger partial charge on any atom is 1.00 e. The number of benzene rings is 9. The zero-order valence-electron chi connectivity index (χ0n) is 59.5. The number of aliphatic carboxylic acids is 1. The molecule has 0 bridgehead atoms. The zero-order valence-corrected chi connectivity index (χ0v) is 59.5. The Bertz CT molecular complexity index is 5220. The maximum atomic E-state index is 12.1. The van der Waals surface area contributed by atoms with Gasteiger partial charge in [0.25, 0.3) is 0 Å². The molecule has 0 spiro atoms. The average molecular weight is 1420 g/mol. The molecule has 22 heteroatoms. The summed E-state index contributed by atoms with van der Waals surface area (Å²) in [6.07, 6.45) is 4.41. The second-order valence-corrected chi connectivity index (χ2v) is 25.0. The second-order valence-electron chi connectivity index (χ2n) is 25.0. The zero-order chi connectivity index (χ0) is 73.7. The number of carbonyl (C=O) groups excluding carboxylic acids is 3. The summed E-state index contributed by atoms with van der Waals surface area (Å²) in [7, 11) is 0. The molecule has 106 heavy (non-hydrogen) atoms. The minimum atomic E-state index is -0.962. The van der Waals surface area contributed by atoms with Crippen LogP contribution in [0.25, 0.3) is 66.3 Å². The van der Waals surface area contributed by atoms with Crippen LogP contribution in [0.3, 0.4) is 0 Å². The molecule has 0 radical (unpaired) electrons. The number of carboxylic acids is 1. The van der Waals surface area contributed by atoms with Crippen molar-refractivity contribution in [2.24, 2.45) is 11.5 Å². The van der Waals surface area contributed by atoms with E-state index in [1.165, 1.54) is 0 Å². The van der Waals surface area contributed by atoms with Gasteiger partial charge in [-0.25, -0.2) is 4.79 Å². The van der Waals surface area contributed by atoms with Gasteiger partial charge in [-0.2, -0.15) is 15.8 Å². The first kappa shape index (κ1) is 79.3. The molecule has 21 nitrogen and oxygen atoms in total. The third-order valence-corrected chi connectivity index (χ3v) is 16.2. The van der Waals surface area contributed by atoms with Gasteiger partial charge in [0, 0.05) is 69.2 Å². The van der Waals surface area contributed by atoms with Gasteiger partial charge >= 0.3 is 42.9 Å². The number of nitriles is 3. The van der Waals surface area contributed by atoms with E-state index in [2.05, 4.69) is 29.6 Å². The number of nitrogens with one attached hydrogen (secondary N) is 1. The van der Waals surface area contributed by atoms with Crippen LogP contribution in [-0.2, 0) is 87.3 Å². The van der Waals surface area contributed by atoms with Crippen LogP contribution in [0.4, 0.5) is 4.79 Å². The fourth-order valence-corrected chi connectivity index (χ4v) is 11.5. The first-order chi connectivity index (χ1) is 50.3. The van der Waals surface area contributed by atoms with E-state index < -0.39 is 17.7 Å². The van der Waals surface area contributed by atoms with Gasteiger partial charge in [0.15, 0.2) is 0 Å². The standard InChI is InChI=1S/C32H32N2O6.C27H24N2O4.C25H20N2O4.Li.H2O/c1-5-37-29(35)17-25-10-9-21(18-33)16-28(25)39-20-23-14-26-11-12-38-30(26)27(15-23)24-8-6-7-22(13-24)19-34-31(36)40-32(2,3)4;1-2-31-26(30)14-22-7-6-19(16-29)13-25(22)33-17-20-11-23-8-9-32-27(23)24(12-20)21-5-3-4-18(10-21)15-28;26-13-16-2-1-3-19(8-16)22-10-18(9-21-6-7-30-25(21)22)15-31-23-11-17(14-27)4-5-20(23)12-24(28)29;;/h6-16H,5,17,19-20H2,1-4H3,(H,34,36);3-13H,2,14-15,17,28H2,1H3;1-11H,12-13,15,26H2,(H,28,29);;1H2/q;;;+1;/p-1. The van der Waals surface area contributed by atoms with E-state index in [1.54, 1.807) is 87.2 Å². The molecule has 7 N–H and O–H groups in total. The third-order valence-electron chi connectivity index (χ3n) is 16.2. The van der Waals surface area contributed by atoms with Crippen LogP contribution in [0.1, 0.15) is 101 Å². The number of fused-ring (bicyclic) bond motifs is 3.